The van der Waals surface area contributed by atoms with Crippen LogP contribution in [0.5, 0.6) is 5.75 Å². The summed E-state index contributed by atoms with van der Waals surface area (Å²) in [4.78, 5) is 15.9. The van der Waals surface area contributed by atoms with Gasteiger partial charge in [-0.05, 0) is 42.8 Å². The van der Waals surface area contributed by atoms with Crippen LogP contribution < -0.4 is 10.1 Å². The Morgan fingerprint density at radius 3 is 2.91 bits per heavy atom. The molecule has 0 radical (unpaired) electrons. The molecule has 0 aliphatic heterocycles. The molecule has 2 aromatic carbocycles. The zero-order chi connectivity index (χ0) is 16.4. The van der Waals surface area contributed by atoms with Crippen LogP contribution in [0.4, 0.5) is 5.69 Å². The fourth-order valence-corrected chi connectivity index (χ4v) is 2.41. The highest BCUT2D eigenvalue weighted by molar-refractivity contribution is 6.29. The van der Waals surface area contributed by atoms with Gasteiger partial charge in [0.2, 0.25) is 11.8 Å². The van der Waals surface area contributed by atoms with Crippen molar-refractivity contribution >= 4 is 34.3 Å². The van der Waals surface area contributed by atoms with Crippen molar-refractivity contribution in [3.05, 3.63) is 42.0 Å². The number of hydrogen-bond donors (Lipinski definition) is 1. The van der Waals surface area contributed by atoms with Crippen molar-refractivity contribution in [3.8, 4) is 17.2 Å². The Balaban J connectivity index is 2.04. The van der Waals surface area contributed by atoms with Crippen molar-refractivity contribution in [2.24, 2.45) is 0 Å². The zero-order valence-electron chi connectivity index (χ0n) is 12.7. The standard InChI is InChI=1S/C17H15ClN2O3/c1-10-6-12(19-15(21)9-18)8-14-16(10)23-17(20-14)11-4-3-5-13(7-11)22-2/h3-8H,9H2,1-2H3,(H,19,21). The van der Waals surface area contributed by atoms with Crippen LogP contribution in [-0.4, -0.2) is 23.9 Å². The minimum absolute atomic E-state index is 0.0923. The first kappa shape index (κ1) is 15.4. The van der Waals surface area contributed by atoms with Crippen molar-refractivity contribution < 1.29 is 13.9 Å². The molecule has 0 saturated heterocycles. The van der Waals surface area contributed by atoms with Gasteiger partial charge in [-0.25, -0.2) is 4.98 Å². The summed E-state index contributed by atoms with van der Waals surface area (Å²) in [6.07, 6.45) is 0. The number of nitrogens with zero attached hydrogens (tertiary/aromatic N) is 1. The van der Waals surface area contributed by atoms with E-state index >= 15 is 0 Å². The van der Waals surface area contributed by atoms with Crippen LogP contribution >= 0.6 is 11.6 Å². The molecular weight excluding hydrogens is 316 g/mol. The molecule has 1 N–H and O–H groups in total. The predicted octanol–water partition coefficient (Wildman–Crippen LogP) is 3.99. The second-order valence-corrected chi connectivity index (χ2v) is 5.34. The maximum atomic E-state index is 11.4. The van der Waals surface area contributed by atoms with E-state index in [1.54, 1.807) is 13.2 Å². The van der Waals surface area contributed by atoms with E-state index in [-0.39, 0.29) is 11.8 Å². The number of amides is 1. The Morgan fingerprint density at radius 2 is 2.17 bits per heavy atom. The topological polar surface area (TPSA) is 64.4 Å². The number of fused-ring (bicyclic) bond motifs is 1. The highest BCUT2D eigenvalue weighted by Crippen LogP contribution is 2.30. The lowest BCUT2D eigenvalue weighted by Crippen LogP contribution is -2.12. The number of ether oxygens (including phenoxy) is 1. The number of aryl methyl sites for hydroxylation is 1. The summed E-state index contributed by atoms with van der Waals surface area (Å²) in [5, 5.41) is 2.72. The normalized spacial score (nSPS) is 10.7. The molecule has 5 nitrogen and oxygen atoms in total. The van der Waals surface area contributed by atoms with Crippen LogP contribution in [0.3, 0.4) is 0 Å². The molecule has 0 unspecified atom stereocenters. The summed E-state index contributed by atoms with van der Waals surface area (Å²) in [5.41, 5.74) is 3.71. The fraction of sp³-hybridized carbons (Fsp3) is 0.176. The van der Waals surface area contributed by atoms with Crippen molar-refractivity contribution in [2.45, 2.75) is 6.92 Å². The number of oxazole rings is 1. The van der Waals surface area contributed by atoms with Crippen LogP contribution in [0.25, 0.3) is 22.6 Å². The van der Waals surface area contributed by atoms with E-state index in [0.717, 1.165) is 16.9 Å². The van der Waals surface area contributed by atoms with Gasteiger partial charge < -0.3 is 14.5 Å². The molecule has 0 saturated carbocycles. The van der Waals surface area contributed by atoms with Gasteiger partial charge in [0.1, 0.15) is 17.1 Å². The van der Waals surface area contributed by atoms with Gasteiger partial charge in [0.15, 0.2) is 5.58 Å². The third-order valence-corrected chi connectivity index (χ3v) is 3.64. The average Bonchev–Trinajstić information content (AvgIpc) is 2.99. The van der Waals surface area contributed by atoms with Gasteiger partial charge in [-0.15, -0.1) is 11.6 Å². The summed E-state index contributed by atoms with van der Waals surface area (Å²) in [7, 11) is 1.61. The largest absolute Gasteiger partial charge is 0.497 e. The maximum Gasteiger partial charge on any atom is 0.239 e. The zero-order valence-corrected chi connectivity index (χ0v) is 13.5. The Bertz CT molecular complexity index is 873. The van der Waals surface area contributed by atoms with Gasteiger partial charge in [0, 0.05) is 11.3 Å². The molecule has 118 valence electrons. The number of hydrogen-bond acceptors (Lipinski definition) is 4. The number of carbonyl (C=O) groups excluding carboxylic acids is 1. The van der Waals surface area contributed by atoms with E-state index in [2.05, 4.69) is 10.3 Å². The van der Waals surface area contributed by atoms with Gasteiger partial charge in [-0.3, -0.25) is 4.79 Å². The molecule has 0 aliphatic rings. The quantitative estimate of drug-likeness (QED) is 0.735. The number of halogens is 1. The second kappa shape index (κ2) is 6.30. The monoisotopic (exact) mass is 330 g/mol. The molecule has 23 heavy (non-hydrogen) atoms. The van der Waals surface area contributed by atoms with Crippen LogP contribution in [0, 0.1) is 6.92 Å². The minimum atomic E-state index is -0.262. The number of nitrogens with one attached hydrogen (secondary N) is 1. The summed E-state index contributed by atoms with van der Waals surface area (Å²) >= 11 is 5.51. The number of methoxy groups -OCH3 is 1. The third-order valence-electron chi connectivity index (χ3n) is 3.40. The Morgan fingerprint density at radius 1 is 1.35 bits per heavy atom. The summed E-state index contributed by atoms with van der Waals surface area (Å²) in [6, 6.07) is 11.1. The van der Waals surface area contributed by atoms with Gasteiger partial charge in [-0.1, -0.05) is 6.07 Å². The lowest BCUT2D eigenvalue weighted by Gasteiger charge is -2.03. The van der Waals surface area contributed by atoms with Crippen LogP contribution in [0.2, 0.25) is 0 Å². The number of aromatic nitrogens is 1. The Hall–Kier alpha value is -2.53. The van der Waals surface area contributed by atoms with Crippen molar-refractivity contribution in [2.75, 3.05) is 18.3 Å². The van der Waals surface area contributed by atoms with E-state index in [1.807, 2.05) is 37.3 Å². The predicted molar refractivity (Wildman–Crippen MR) is 90.1 cm³/mol. The molecule has 3 rings (SSSR count). The van der Waals surface area contributed by atoms with Crippen LogP contribution in [-0.2, 0) is 4.79 Å². The van der Waals surface area contributed by atoms with E-state index in [1.165, 1.54) is 0 Å². The van der Waals surface area contributed by atoms with Gasteiger partial charge in [0.05, 0.1) is 7.11 Å². The van der Waals surface area contributed by atoms with Crippen LogP contribution in [0.1, 0.15) is 5.56 Å². The summed E-state index contributed by atoms with van der Waals surface area (Å²) in [5.74, 6) is 0.881. The SMILES string of the molecule is COc1cccc(-c2nc3cc(NC(=O)CCl)cc(C)c3o2)c1. The van der Waals surface area contributed by atoms with E-state index in [4.69, 9.17) is 20.8 Å². The number of benzene rings is 2. The lowest BCUT2D eigenvalue weighted by atomic mass is 10.2. The van der Waals surface area contributed by atoms with Gasteiger partial charge in [0.25, 0.3) is 0 Å². The molecule has 3 aromatic rings. The van der Waals surface area contributed by atoms with E-state index in [9.17, 15) is 4.79 Å². The first-order chi connectivity index (χ1) is 11.1. The van der Waals surface area contributed by atoms with Gasteiger partial charge in [-0.2, -0.15) is 0 Å². The minimum Gasteiger partial charge on any atom is -0.497 e. The number of alkyl halides is 1. The Kier molecular flexibility index (Phi) is 4.21. The number of anilines is 1. The number of carbonyl (C=O) groups is 1. The molecule has 0 atom stereocenters. The molecule has 1 aromatic heterocycles. The molecule has 0 spiro atoms. The number of rotatable bonds is 4. The molecule has 0 bridgehead atoms. The summed E-state index contributed by atoms with van der Waals surface area (Å²) in [6.45, 7) is 1.90. The highest BCUT2D eigenvalue weighted by Gasteiger charge is 2.13. The first-order valence-corrected chi connectivity index (χ1v) is 7.55. The molecule has 1 amide bonds. The highest BCUT2D eigenvalue weighted by atomic mass is 35.5. The van der Waals surface area contributed by atoms with Crippen molar-refractivity contribution in [1.82, 2.24) is 4.98 Å². The van der Waals surface area contributed by atoms with E-state index < -0.39 is 0 Å². The molecule has 1 heterocycles. The lowest BCUT2D eigenvalue weighted by molar-refractivity contribution is -0.113. The van der Waals surface area contributed by atoms with E-state index in [0.29, 0.717) is 22.7 Å². The van der Waals surface area contributed by atoms with Gasteiger partial charge >= 0.3 is 0 Å². The Labute approximate surface area is 138 Å². The van der Waals surface area contributed by atoms with Crippen molar-refractivity contribution in [3.63, 3.8) is 0 Å². The van der Waals surface area contributed by atoms with Crippen molar-refractivity contribution in [1.29, 1.82) is 0 Å². The second-order valence-electron chi connectivity index (χ2n) is 5.07. The van der Waals surface area contributed by atoms with Crippen LogP contribution in [0.15, 0.2) is 40.8 Å². The first-order valence-electron chi connectivity index (χ1n) is 7.02. The molecule has 0 aliphatic carbocycles. The summed E-state index contributed by atoms with van der Waals surface area (Å²) < 4.78 is 11.1. The smallest absolute Gasteiger partial charge is 0.239 e. The molecular formula is C17H15ClN2O3. The molecule has 0 fully saturated rings. The molecule has 6 heteroatoms. The fourth-order valence-electron chi connectivity index (χ4n) is 2.35. The average molecular weight is 331 g/mol. The third kappa shape index (κ3) is 3.14. The maximum absolute atomic E-state index is 11.4.